The molecule has 0 bridgehead atoms. The van der Waals surface area contributed by atoms with Crippen LogP contribution in [0, 0.1) is 6.92 Å². The Morgan fingerprint density at radius 2 is 2.06 bits per heavy atom. The minimum absolute atomic E-state index is 0.124. The van der Waals surface area contributed by atoms with Crippen molar-refractivity contribution in [2.75, 3.05) is 19.7 Å². The summed E-state index contributed by atoms with van der Waals surface area (Å²) in [5.74, 6) is 0. The highest BCUT2D eigenvalue weighted by molar-refractivity contribution is 5.25. The van der Waals surface area contributed by atoms with Crippen LogP contribution in [-0.4, -0.2) is 30.2 Å². The second-order valence-electron chi connectivity index (χ2n) is 4.97. The lowest BCUT2D eigenvalue weighted by molar-refractivity contribution is 0.197. The van der Waals surface area contributed by atoms with E-state index in [1.807, 2.05) is 0 Å². The van der Waals surface area contributed by atoms with Crippen LogP contribution in [0.2, 0.25) is 0 Å². The van der Waals surface area contributed by atoms with E-state index >= 15 is 0 Å². The zero-order valence-electron chi connectivity index (χ0n) is 10.5. The molecule has 1 aromatic rings. The summed E-state index contributed by atoms with van der Waals surface area (Å²) >= 11 is 0. The average molecular weight is 219 g/mol. The fraction of sp³-hybridized carbons (Fsp3) is 0.571. The van der Waals surface area contributed by atoms with Gasteiger partial charge in [-0.2, -0.15) is 0 Å². The summed E-state index contributed by atoms with van der Waals surface area (Å²) in [7, 11) is 0. The Bertz CT molecular complexity index is 358. The Hall–Kier alpha value is -0.860. The molecule has 0 saturated carbocycles. The lowest BCUT2D eigenvalue weighted by Gasteiger charge is -2.23. The second-order valence-corrected chi connectivity index (χ2v) is 4.97. The molecule has 0 aliphatic carbocycles. The Morgan fingerprint density at radius 1 is 1.38 bits per heavy atom. The third-order valence-corrected chi connectivity index (χ3v) is 3.30. The van der Waals surface area contributed by atoms with Gasteiger partial charge in [-0.1, -0.05) is 31.2 Å². The van der Waals surface area contributed by atoms with E-state index in [1.165, 1.54) is 11.1 Å². The summed E-state index contributed by atoms with van der Waals surface area (Å²) < 4.78 is 5.45. The number of benzene rings is 1. The molecule has 1 fully saturated rings. The van der Waals surface area contributed by atoms with Crippen molar-refractivity contribution in [3.63, 3.8) is 0 Å². The fourth-order valence-electron chi connectivity index (χ4n) is 2.00. The maximum Gasteiger partial charge on any atom is 0.101 e. The molecule has 1 atom stereocenters. The highest BCUT2D eigenvalue weighted by Gasteiger charge is 2.40. The van der Waals surface area contributed by atoms with Crippen molar-refractivity contribution in [1.82, 2.24) is 4.90 Å². The van der Waals surface area contributed by atoms with Crippen LogP contribution in [0.5, 0.6) is 0 Å². The average Bonchev–Trinajstić information content (AvgIpc) is 2.99. The first kappa shape index (κ1) is 11.6. The maximum atomic E-state index is 5.45. The largest absolute Gasteiger partial charge is 0.369 e. The zero-order valence-corrected chi connectivity index (χ0v) is 10.5. The number of hydrogen-bond acceptors (Lipinski definition) is 2. The quantitative estimate of drug-likeness (QED) is 0.707. The number of nitrogens with zero attached hydrogens (tertiary/aromatic N) is 1. The van der Waals surface area contributed by atoms with E-state index in [0.717, 1.165) is 26.2 Å². The maximum absolute atomic E-state index is 5.45. The van der Waals surface area contributed by atoms with Gasteiger partial charge in [0, 0.05) is 13.1 Å². The smallest absolute Gasteiger partial charge is 0.101 e. The van der Waals surface area contributed by atoms with Crippen molar-refractivity contribution < 1.29 is 4.74 Å². The summed E-state index contributed by atoms with van der Waals surface area (Å²) in [4.78, 5) is 2.45. The van der Waals surface area contributed by atoms with Gasteiger partial charge < -0.3 is 4.74 Å². The van der Waals surface area contributed by atoms with E-state index in [2.05, 4.69) is 49.9 Å². The molecule has 0 unspecified atom stereocenters. The van der Waals surface area contributed by atoms with Crippen molar-refractivity contribution in [1.29, 1.82) is 0 Å². The molecule has 1 saturated heterocycles. The lowest BCUT2D eigenvalue weighted by Crippen LogP contribution is -2.32. The van der Waals surface area contributed by atoms with Gasteiger partial charge in [-0.3, -0.25) is 4.90 Å². The number of ether oxygens (including phenoxy) is 1. The molecule has 1 aliphatic heterocycles. The Labute approximate surface area is 98.2 Å². The fourth-order valence-corrected chi connectivity index (χ4v) is 2.00. The van der Waals surface area contributed by atoms with E-state index in [-0.39, 0.29) is 5.60 Å². The number of hydrogen-bond donors (Lipinski definition) is 0. The molecule has 0 N–H and O–H groups in total. The molecule has 0 spiro atoms. The summed E-state index contributed by atoms with van der Waals surface area (Å²) in [5, 5.41) is 0. The van der Waals surface area contributed by atoms with E-state index in [9.17, 15) is 0 Å². The molecule has 2 nitrogen and oxygen atoms in total. The minimum atomic E-state index is 0.124. The number of aryl methyl sites for hydroxylation is 1. The normalized spacial score (nSPS) is 23.8. The first-order valence-corrected chi connectivity index (χ1v) is 6.04. The number of likely N-dealkylation sites (N-methyl/N-ethyl adjacent to an activating group) is 1. The summed E-state index contributed by atoms with van der Waals surface area (Å²) in [6.45, 7) is 10.6. The topological polar surface area (TPSA) is 15.8 Å². The van der Waals surface area contributed by atoms with Gasteiger partial charge in [-0.15, -0.1) is 0 Å². The monoisotopic (exact) mass is 219 g/mol. The lowest BCUT2D eigenvalue weighted by atomic mass is 10.1. The van der Waals surface area contributed by atoms with Crippen molar-refractivity contribution in [2.45, 2.75) is 32.9 Å². The molecule has 88 valence electrons. The van der Waals surface area contributed by atoms with Crippen LogP contribution in [0.3, 0.4) is 0 Å². The Kier molecular flexibility index (Phi) is 3.31. The molecule has 0 aromatic heterocycles. The second kappa shape index (κ2) is 4.56. The van der Waals surface area contributed by atoms with Crippen molar-refractivity contribution in [3.05, 3.63) is 35.4 Å². The van der Waals surface area contributed by atoms with Crippen LogP contribution in [-0.2, 0) is 11.3 Å². The van der Waals surface area contributed by atoms with Crippen LogP contribution in [0.15, 0.2) is 24.3 Å². The standard InChI is InChI=1S/C14H21NO/c1-4-15(10-14(3)11-16-14)9-13-8-6-5-7-12(13)2/h5-8H,4,9-11H2,1-3H3/t14-/m0/s1. The molecule has 2 rings (SSSR count). The van der Waals surface area contributed by atoms with Gasteiger partial charge in [-0.05, 0) is 31.5 Å². The van der Waals surface area contributed by atoms with E-state index in [4.69, 9.17) is 4.74 Å². The van der Waals surface area contributed by atoms with Crippen LogP contribution in [0.25, 0.3) is 0 Å². The van der Waals surface area contributed by atoms with E-state index in [0.29, 0.717) is 0 Å². The first-order valence-electron chi connectivity index (χ1n) is 6.04. The van der Waals surface area contributed by atoms with Crippen LogP contribution >= 0.6 is 0 Å². The predicted molar refractivity (Wildman–Crippen MR) is 66.5 cm³/mol. The third kappa shape index (κ3) is 2.83. The minimum Gasteiger partial charge on any atom is -0.369 e. The molecule has 1 aromatic carbocycles. The van der Waals surface area contributed by atoms with Crippen LogP contribution < -0.4 is 0 Å². The molecule has 1 aliphatic rings. The Balaban J connectivity index is 1.98. The molecular formula is C14H21NO. The van der Waals surface area contributed by atoms with E-state index in [1.54, 1.807) is 0 Å². The third-order valence-electron chi connectivity index (χ3n) is 3.30. The number of epoxide rings is 1. The highest BCUT2D eigenvalue weighted by Crippen LogP contribution is 2.27. The van der Waals surface area contributed by atoms with Gasteiger partial charge in [-0.25, -0.2) is 0 Å². The molecule has 2 heteroatoms. The Morgan fingerprint density at radius 3 is 2.62 bits per heavy atom. The van der Waals surface area contributed by atoms with Gasteiger partial charge in [0.15, 0.2) is 0 Å². The number of rotatable bonds is 5. The van der Waals surface area contributed by atoms with Gasteiger partial charge in [0.2, 0.25) is 0 Å². The van der Waals surface area contributed by atoms with Gasteiger partial charge in [0.25, 0.3) is 0 Å². The van der Waals surface area contributed by atoms with Crippen LogP contribution in [0.1, 0.15) is 25.0 Å². The SMILES string of the molecule is CCN(Cc1ccccc1C)C[C@@]1(C)CO1. The summed E-state index contributed by atoms with van der Waals surface area (Å²) in [6.07, 6.45) is 0. The molecule has 0 radical (unpaired) electrons. The zero-order chi connectivity index (χ0) is 11.6. The van der Waals surface area contributed by atoms with Crippen molar-refractivity contribution >= 4 is 0 Å². The van der Waals surface area contributed by atoms with Crippen molar-refractivity contribution in [3.8, 4) is 0 Å². The van der Waals surface area contributed by atoms with Crippen LogP contribution in [0.4, 0.5) is 0 Å². The predicted octanol–water partition coefficient (Wildman–Crippen LogP) is 2.61. The van der Waals surface area contributed by atoms with Gasteiger partial charge in [0.05, 0.1) is 6.61 Å². The first-order chi connectivity index (χ1) is 7.63. The summed E-state index contributed by atoms with van der Waals surface area (Å²) in [5.41, 5.74) is 2.93. The van der Waals surface area contributed by atoms with Gasteiger partial charge in [0.1, 0.15) is 5.60 Å². The van der Waals surface area contributed by atoms with E-state index < -0.39 is 0 Å². The molecule has 0 amide bonds. The molecular weight excluding hydrogens is 198 g/mol. The van der Waals surface area contributed by atoms with Gasteiger partial charge >= 0.3 is 0 Å². The van der Waals surface area contributed by atoms with Crippen molar-refractivity contribution in [2.24, 2.45) is 0 Å². The highest BCUT2D eigenvalue weighted by atomic mass is 16.6. The molecule has 16 heavy (non-hydrogen) atoms. The summed E-state index contributed by atoms with van der Waals surface area (Å²) in [6, 6.07) is 8.61. The molecule has 1 heterocycles.